The second kappa shape index (κ2) is 4.31. The van der Waals surface area contributed by atoms with Gasteiger partial charge >= 0.3 is 0 Å². The van der Waals surface area contributed by atoms with Crippen LogP contribution in [0.25, 0.3) is 22.2 Å². The van der Waals surface area contributed by atoms with Crippen LogP contribution in [0.3, 0.4) is 0 Å². The van der Waals surface area contributed by atoms with Gasteiger partial charge in [0, 0.05) is 31.9 Å². The maximum absolute atomic E-state index is 6.16. The minimum atomic E-state index is 0.723. The summed E-state index contributed by atoms with van der Waals surface area (Å²) in [6.45, 7) is 0. The van der Waals surface area contributed by atoms with E-state index in [-0.39, 0.29) is 0 Å². The van der Waals surface area contributed by atoms with E-state index in [9.17, 15) is 0 Å². The van der Waals surface area contributed by atoms with Gasteiger partial charge in [0.2, 0.25) is 0 Å². The molecule has 17 heavy (non-hydrogen) atoms. The number of hydrogen-bond acceptors (Lipinski definition) is 1. The zero-order chi connectivity index (χ0) is 11.8. The number of fused-ring (bicyclic) bond motifs is 1. The van der Waals surface area contributed by atoms with Gasteiger partial charge in [-0.05, 0) is 34.7 Å². The molecule has 1 aromatic carbocycles. The Labute approximate surface area is 117 Å². The van der Waals surface area contributed by atoms with Gasteiger partial charge < -0.3 is 4.98 Å². The van der Waals surface area contributed by atoms with E-state index in [2.05, 4.69) is 32.6 Å². The molecule has 0 aliphatic carbocycles. The normalized spacial score (nSPS) is 10.9. The molecule has 0 unspecified atom stereocenters. The molecule has 0 saturated heterocycles. The molecular formula is C13H8ClIN2. The Morgan fingerprint density at radius 3 is 2.88 bits per heavy atom. The van der Waals surface area contributed by atoms with Crippen LogP contribution < -0.4 is 0 Å². The van der Waals surface area contributed by atoms with Crippen LogP contribution in [0.15, 0.2) is 42.7 Å². The lowest BCUT2D eigenvalue weighted by molar-refractivity contribution is 1.35. The fourth-order valence-electron chi connectivity index (χ4n) is 1.80. The number of nitrogens with zero attached hydrogens (tertiary/aromatic N) is 1. The molecule has 0 atom stereocenters. The Balaban J connectivity index is 2.22. The van der Waals surface area contributed by atoms with Gasteiger partial charge in [0.1, 0.15) is 0 Å². The summed E-state index contributed by atoms with van der Waals surface area (Å²) in [6, 6.07) is 9.76. The van der Waals surface area contributed by atoms with Gasteiger partial charge in [-0.2, -0.15) is 0 Å². The molecule has 3 aromatic rings. The Morgan fingerprint density at radius 1 is 1.24 bits per heavy atom. The van der Waals surface area contributed by atoms with Crippen LogP contribution in [-0.2, 0) is 0 Å². The highest BCUT2D eigenvalue weighted by Gasteiger charge is 2.07. The van der Waals surface area contributed by atoms with E-state index < -0.39 is 0 Å². The van der Waals surface area contributed by atoms with Gasteiger partial charge in [0.05, 0.1) is 11.2 Å². The third-order valence-electron chi connectivity index (χ3n) is 2.67. The fourth-order valence-corrected chi connectivity index (χ4v) is 2.62. The Bertz CT molecular complexity index is 691. The number of halogens is 2. The number of rotatable bonds is 1. The number of nitrogens with one attached hydrogen (secondary N) is 1. The van der Waals surface area contributed by atoms with Crippen molar-refractivity contribution in [1.29, 1.82) is 0 Å². The van der Waals surface area contributed by atoms with E-state index >= 15 is 0 Å². The van der Waals surface area contributed by atoms with Gasteiger partial charge in [-0.3, -0.25) is 4.98 Å². The lowest BCUT2D eigenvalue weighted by Crippen LogP contribution is -1.84. The average molecular weight is 355 g/mol. The summed E-state index contributed by atoms with van der Waals surface area (Å²) in [7, 11) is 0. The number of aromatic nitrogens is 2. The monoisotopic (exact) mass is 354 g/mol. The molecule has 0 bridgehead atoms. The first-order chi connectivity index (χ1) is 8.25. The van der Waals surface area contributed by atoms with Gasteiger partial charge in [0.25, 0.3) is 0 Å². The topological polar surface area (TPSA) is 28.7 Å². The van der Waals surface area contributed by atoms with Crippen molar-refractivity contribution in [2.45, 2.75) is 0 Å². The van der Waals surface area contributed by atoms with Crippen LogP contribution in [0.1, 0.15) is 0 Å². The van der Waals surface area contributed by atoms with Crippen LogP contribution in [-0.4, -0.2) is 9.97 Å². The first-order valence-electron chi connectivity index (χ1n) is 5.13. The molecule has 1 N–H and O–H groups in total. The minimum Gasteiger partial charge on any atom is -0.360 e. The molecular weight excluding hydrogens is 347 g/mol. The minimum absolute atomic E-state index is 0.723. The standard InChI is InChI=1S/C13H8ClIN2/c14-10-4-2-1-3-8(10)12-5-13-9(6-16-12)11(15)7-17-13/h1-7,17H. The highest BCUT2D eigenvalue weighted by atomic mass is 127. The van der Waals surface area contributed by atoms with Crippen molar-refractivity contribution in [3.05, 3.63) is 51.3 Å². The third kappa shape index (κ3) is 1.93. The molecule has 84 valence electrons. The predicted octanol–water partition coefficient (Wildman–Crippen LogP) is 4.49. The number of hydrogen-bond donors (Lipinski definition) is 1. The van der Waals surface area contributed by atoms with E-state index in [1.165, 1.54) is 3.57 Å². The Kier molecular flexibility index (Phi) is 2.80. The quantitative estimate of drug-likeness (QED) is 0.641. The van der Waals surface area contributed by atoms with Crippen molar-refractivity contribution < 1.29 is 0 Å². The lowest BCUT2D eigenvalue weighted by Gasteiger charge is -2.03. The average Bonchev–Trinajstić information content (AvgIpc) is 2.71. The second-order valence-electron chi connectivity index (χ2n) is 3.73. The summed E-state index contributed by atoms with van der Waals surface area (Å²) in [5, 5.41) is 1.86. The third-order valence-corrected chi connectivity index (χ3v) is 3.89. The summed E-state index contributed by atoms with van der Waals surface area (Å²) in [4.78, 5) is 7.69. The SMILES string of the molecule is Clc1ccccc1-c1cc2[nH]cc(I)c2cn1. The van der Waals surface area contributed by atoms with Crippen LogP contribution >= 0.6 is 34.2 Å². The largest absolute Gasteiger partial charge is 0.360 e. The molecule has 0 saturated carbocycles. The van der Waals surface area contributed by atoms with Crippen molar-refractivity contribution in [1.82, 2.24) is 9.97 Å². The fraction of sp³-hybridized carbons (Fsp3) is 0. The van der Waals surface area contributed by atoms with E-state index in [1.807, 2.05) is 42.7 Å². The number of H-pyrrole nitrogens is 1. The molecule has 0 aliphatic heterocycles. The van der Waals surface area contributed by atoms with E-state index in [4.69, 9.17) is 11.6 Å². The molecule has 0 radical (unpaired) electrons. The van der Waals surface area contributed by atoms with Crippen molar-refractivity contribution >= 4 is 45.1 Å². The summed E-state index contributed by atoms with van der Waals surface area (Å²) < 4.78 is 1.18. The predicted molar refractivity (Wildman–Crippen MR) is 79.3 cm³/mol. The first kappa shape index (κ1) is 11.0. The molecule has 2 aromatic heterocycles. The maximum atomic E-state index is 6.16. The van der Waals surface area contributed by atoms with E-state index in [0.717, 1.165) is 27.2 Å². The zero-order valence-corrected chi connectivity index (χ0v) is 11.7. The van der Waals surface area contributed by atoms with Gasteiger partial charge in [-0.25, -0.2) is 0 Å². The van der Waals surface area contributed by atoms with Crippen molar-refractivity contribution in [2.24, 2.45) is 0 Å². The highest BCUT2D eigenvalue weighted by molar-refractivity contribution is 14.1. The Morgan fingerprint density at radius 2 is 2.06 bits per heavy atom. The van der Waals surface area contributed by atoms with Crippen LogP contribution in [0.5, 0.6) is 0 Å². The van der Waals surface area contributed by atoms with Crippen molar-refractivity contribution in [2.75, 3.05) is 0 Å². The van der Waals surface area contributed by atoms with Crippen molar-refractivity contribution in [3.8, 4) is 11.3 Å². The van der Waals surface area contributed by atoms with Crippen LogP contribution in [0.4, 0.5) is 0 Å². The highest BCUT2D eigenvalue weighted by Crippen LogP contribution is 2.28. The summed E-state index contributed by atoms with van der Waals surface area (Å²) >= 11 is 8.45. The molecule has 3 rings (SSSR count). The summed E-state index contributed by atoms with van der Waals surface area (Å²) in [6.07, 6.45) is 3.86. The Hall–Kier alpha value is -1.07. The first-order valence-corrected chi connectivity index (χ1v) is 6.59. The molecule has 0 amide bonds. The molecule has 2 heterocycles. The van der Waals surface area contributed by atoms with Gasteiger partial charge in [0.15, 0.2) is 0 Å². The summed E-state index contributed by atoms with van der Waals surface area (Å²) in [5.41, 5.74) is 2.93. The smallest absolute Gasteiger partial charge is 0.0738 e. The molecule has 0 aliphatic rings. The number of aromatic amines is 1. The van der Waals surface area contributed by atoms with Crippen molar-refractivity contribution in [3.63, 3.8) is 0 Å². The van der Waals surface area contributed by atoms with E-state index in [1.54, 1.807) is 0 Å². The molecule has 0 spiro atoms. The summed E-state index contributed by atoms with van der Waals surface area (Å²) in [5.74, 6) is 0. The molecule has 0 fully saturated rings. The van der Waals surface area contributed by atoms with Gasteiger partial charge in [-0.15, -0.1) is 0 Å². The van der Waals surface area contributed by atoms with Gasteiger partial charge in [-0.1, -0.05) is 29.8 Å². The number of benzene rings is 1. The number of pyridine rings is 1. The molecule has 2 nitrogen and oxygen atoms in total. The van der Waals surface area contributed by atoms with Crippen LogP contribution in [0, 0.1) is 3.57 Å². The second-order valence-corrected chi connectivity index (χ2v) is 5.30. The zero-order valence-electron chi connectivity index (χ0n) is 8.74. The van der Waals surface area contributed by atoms with E-state index in [0.29, 0.717) is 0 Å². The molecule has 4 heteroatoms. The maximum Gasteiger partial charge on any atom is 0.0738 e. The van der Waals surface area contributed by atoms with Crippen LogP contribution in [0.2, 0.25) is 5.02 Å². The lowest BCUT2D eigenvalue weighted by atomic mass is 10.1.